The maximum atomic E-state index is 11.5. The second-order valence-electron chi connectivity index (χ2n) is 3.20. The molecule has 1 heterocycles. The number of hydrogen-bond donors (Lipinski definition) is 1. The minimum Gasteiger partial charge on any atom is -0.274 e. The van der Waals surface area contributed by atoms with Gasteiger partial charge in [-0.1, -0.05) is 6.92 Å². The van der Waals surface area contributed by atoms with Gasteiger partial charge in [-0.05, 0) is 18.9 Å². The average molecular weight is 189 g/mol. The molecule has 4 heteroatoms. The smallest absolute Gasteiger partial charge is 0.241 e. The Bertz CT molecular complexity index is 215. The van der Waals surface area contributed by atoms with Crippen molar-refractivity contribution >= 4 is 22.9 Å². The van der Waals surface area contributed by atoms with Crippen molar-refractivity contribution < 1.29 is 9.59 Å². The Hall–Kier alpha value is -0.510. The zero-order valence-corrected chi connectivity index (χ0v) is 8.60. The molecular formula is C8H15NO2S. The molecule has 0 spiro atoms. The monoisotopic (exact) mass is 189 g/mol. The number of carbonyl (C=O) groups is 2. The van der Waals surface area contributed by atoms with Gasteiger partial charge in [0.05, 0.1) is 0 Å². The third kappa shape index (κ3) is 1.48. The van der Waals surface area contributed by atoms with Crippen LogP contribution in [0.2, 0.25) is 0 Å². The van der Waals surface area contributed by atoms with E-state index in [-0.39, 0.29) is 17.7 Å². The van der Waals surface area contributed by atoms with E-state index in [4.69, 9.17) is 0 Å². The molecular weight excluding hydrogens is 174 g/mol. The maximum Gasteiger partial charge on any atom is 0.241 e. The standard InChI is InChI=1S/C8H15NO2S/c1-4-6-5-7(10)9(8(6)11)12(2)3/h6,12H,4-5H2,1-3H3. The first-order chi connectivity index (χ1) is 5.57. The number of hydrogen-bond acceptors (Lipinski definition) is 2. The average Bonchev–Trinajstić information content (AvgIpc) is 2.25. The van der Waals surface area contributed by atoms with Crippen molar-refractivity contribution in [2.24, 2.45) is 5.92 Å². The molecule has 0 radical (unpaired) electrons. The van der Waals surface area contributed by atoms with E-state index >= 15 is 0 Å². The Labute approximate surface area is 75.6 Å². The highest BCUT2D eigenvalue weighted by molar-refractivity contribution is 8.14. The summed E-state index contributed by atoms with van der Waals surface area (Å²) in [5, 5.41) is 0. The molecule has 3 nitrogen and oxygen atoms in total. The lowest BCUT2D eigenvalue weighted by molar-refractivity contribution is -0.132. The van der Waals surface area contributed by atoms with Crippen molar-refractivity contribution in [3.8, 4) is 0 Å². The van der Waals surface area contributed by atoms with Gasteiger partial charge in [-0.2, -0.15) is 11.1 Å². The third-order valence-corrected chi connectivity index (χ3v) is 3.33. The molecule has 1 unspecified atom stereocenters. The molecule has 0 saturated carbocycles. The first-order valence-electron chi connectivity index (χ1n) is 4.12. The third-order valence-electron chi connectivity index (χ3n) is 2.11. The van der Waals surface area contributed by atoms with Gasteiger partial charge in [0.15, 0.2) is 0 Å². The van der Waals surface area contributed by atoms with Crippen LogP contribution in [0.1, 0.15) is 19.8 Å². The normalized spacial score (nSPS) is 25.1. The van der Waals surface area contributed by atoms with Gasteiger partial charge in [-0.15, -0.1) is 0 Å². The Morgan fingerprint density at radius 1 is 1.50 bits per heavy atom. The van der Waals surface area contributed by atoms with Gasteiger partial charge in [0.25, 0.3) is 0 Å². The molecule has 1 aliphatic heterocycles. The first kappa shape index (κ1) is 9.58. The summed E-state index contributed by atoms with van der Waals surface area (Å²) in [4.78, 5) is 22.8. The SMILES string of the molecule is CCC1CC(=O)N([SH](C)C)C1=O. The van der Waals surface area contributed by atoms with Gasteiger partial charge in [-0.3, -0.25) is 9.59 Å². The highest BCUT2D eigenvalue weighted by Gasteiger charge is 2.37. The summed E-state index contributed by atoms with van der Waals surface area (Å²) in [5.41, 5.74) is 0. The van der Waals surface area contributed by atoms with E-state index in [1.807, 2.05) is 19.4 Å². The Morgan fingerprint density at radius 3 is 2.33 bits per heavy atom. The second kappa shape index (κ2) is 3.47. The molecule has 12 heavy (non-hydrogen) atoms. The predicted octanol–water partition coefficient (Wildman–Crippen LogP) is 0.947. The van der Waals surface area contributed by atoms with Gasteiger partial charge < -0.3 is 0 Å². The molecule has 1 fully saturated rings. The molecule has 0 aliphatic carbocycles. The molecule has 2 amide bonds. The summed E-state index contributed by atoms with van der Waals surface area (Å²) in [5.74, 6) is 0.0176. The van der Waals surface area contributed by atoms with Crippen LogP contribution in [0, 0.1) is 5.92 Å². The van der Waals surface area contributed by atoms with Crippen LogP contribution < -0.4 is 0 Å². The fraction of sp³-hybridized carbons (Fsp3) is 0.750. The summed E-state index contributed by atoms with van der Waals surface area (Å²) in [6, 6.07) is 0. The van der Waals surface area contributed by atoms with Crippen LogP contribution in [0.3, 0.4) is 0 Å². The van der Waals surface area contributed by atoms with E-state index in [0.29, 0.717) is 6.42 Å². The summed E-state index contributed by atoms with van der Waals surface area (Å²) in [6.45, 7) is 1.95. The van der Waals surface area contributed by atoms with Crippen molar-refractivity contribution in [1.29, 1.82) is 0 Å². The highest BCUT2D eigenvalue weighted by atomic mass is 32.2. The molecule has 0 aromatic heterocycles. The van der Waals surface area contributed by atoms with Crippen LogP contribution in [0.25, 0.3) is 0 Å². The zero-order valence-electron chi connectivity index (χ0n) is 7.70. The topological polar surface area (TPSA) is 37.4 Å². The van der Waals surface area contributed by atoms with Gasteiger partial charge in [0.1, 0.15) is 0 Å². The van der Waals surface area contributed by atoms with Crippen molar-refractivity contribution in [2.45, 2.75) is 19.8 Å². The second-order valence-corrected chi connectivity index (χ2v) is 5.29. The first-order valence-corrected chi connectivity index (χ1v) is 6.30. The molecule has 0 aromatic rings. The zero-order chi connectivity index (χ0) is 9.30. The number of imide groups is 1. The number of amides is 2. The molecule has 70 valence electrons. The van der Waals surface area contributed by atoms with Crippen molar-refractivity contribution in [2.75, 3.05) is 12.5 Å². The largest absolute Gasteiger partial charge is 0.274 e. The van der Waals surface area contributed by atoms with E-state index < -0.39 is 11.1 Å². The number of nitrogens with zero attached hydrogens (tertiary/aromatic N) is 1. The summed E-state index contributed by atoms with van der Waals surface area (Å²) in [6.07, 6.45) is 5.08. The molecule has 1 aliphatic rings. The molecule has 1 atom stereocenters. The lowest BCUT2D eigenvalue weighted by Gasteiger charge is -2.21. The van der Waals surface area contributed by atoms with E-state index in [1.165, 1.54) is 4.31 Å². The summed E-state index contributed by atoms with van der Waals surface area (Å²) in [7, 11) is 0. The van der Waals surface area contributed by atoms with Crippen LogP contribution in [-0.2, 0) is 9.59 Å². The minimum absolute atomic E-state index is 0.0166. The predicted molar refractivity (Wildman–Crippen MR) is 51.1 cm³/mol. The molecule has 0 N–H and O–H groups in total. The lowest BCUT2D eigenvalue weighted by atomic mass is 10.1. The van der Waals surface area contributed by atoms with Crippen LogP contribution in [0.15, 0.2) is 0 Å². The minimum atomic E-state index is -0.578. The van der Waals surface area contributed by atoms with Crippen molar-refractivity contribution in [1.82, 2.24) is 4.31 Å². The lowest BCUT2D eigenvalue weighted by Crippen LogP contribution is -2.26. The summed E-state index contributed by atoms with van der Waals surface area (Å²) < 4.78 is 1.45. The van der Waals surface area contributed by atoms with Crippen molar-refractivity contribution in [3.05, 3.63) is 0 Å². The number of carbonyl (C=O) groups excluding carboxylic acids is 2. The summed E-state index contributed by atoms with van der Waals surface area (Å²) >= 11 is -0.578. The fourth-order valence-corrected chi connectivity index (χ4v) is 2.50. The van der Waals surface area contributed by atoms with E-state index in [0.717, 1.165) is 6.42 Å². The molecule has 0 aromatic carbocycles. The van der Waals surface area contributed by atoms with E-state index in [9.17, 15) is 9.59 Å². The van der Waals surface area contributed by atoms with Gasteiger partial charge in [-0.25, -0.2) is 4.31 Å². The van der Waals surface area contributed by atoms with Crippen LogP contribution in [0.5, 0.6) is 0 Å². The number of rotatable bonds is 2. The van der Waals surface area contributed by atoms with Gasteiger partial charge in [0, 0.05) is 12.3 Å². The quantitative estimate of drug-likeness (QED) is 0.518. The maximum absolute atomic E-state index is 11.5. The molecule has 0 bridgehead atoms. The van der Waals surface area contributed by atoms with Crippen LogP contribution in [-0.4, -0.2) is 28.6 Å². The highest BCUT2D eigenvalue weighted by Crippen LogP contribution is 2.33. The fourth-order valence-electron chi connectivity index (χ4n) is 1.42. The molecule has 1 rings (SSSR count). The Balaban J connectivity index is 2.77. The van der Waals surface area contributed by atoms with Crippen LogP contribution in [0.4, 0.5) is 0 Å². The Morgan fingerprint density at radius 2 is 2.08 bits per heavy atom. The number of thiol groups is 1. The Kier molecular flexibility index (Phi) is 2.77. The van der Waals surface area contributed by atoms with Crippen LogP contribution >= 0.6 is 11.1 Å². The molecule has 1 saturated heterocycles. The van der Waals surface area contributed by atoms with Gasteiger partial charge >= 0.3 is 0 Å². The van der Waals surface area contributed by atoms with E-state index in [1.54, 1.807) is 0 Å². The van der Waals surface area contributed by atoms with E-state index in [2.05, 4.69) is 0 Å². The van der Waals surface area contributed by atoms with Crippen molar-refractivity contribution in [3.63, 3.8) is 0 Å². The van der Waals surface area contributed by atoms with Gasteiger partial charge in [0.2, 0.25) is 11.8 Å².